The van der Waals surface area contributed by atoms with Crippen LogP contribution in [0.1, 0.15) is 31.6 Å². The van der Waals surface area contributed by atoms with Crippen LogP contribution in [0, 0.1) is 0 Å². The summed E-state index contributed by atoms with van der Waals surface area (Å²) < 4.78 is 18.6. The van der Waals surface area contributed by atoms with E-state index in [4.69, 9.17) is 25.8 Å². The van der Waals surface area contributed by atoms with Gasteiger partial charge in [-0.2, -0.15) is 0 Å². The lowest BCUT2D eigenvalue weighted by atomic mass is 10.2. The van der Waals surface area contributed by atoms with Gasteiger partial charge >= 0.3 is 0 Å². The topological polar surface area (TPSA) is 87.5 Å². The van der Waals surface area contributed by atoms with Crippen molar-refractivity contribution in [3.8, 4) is 17.2 Å². The number of nitrogens with one attached hydrogen (secondary N) is 1. The summed E-state index contributed by atoms with van der Waals surface area (Å²) in [6.45, 7) is 2.29. The average molecular weight is 473 g/mol. The minimum atomic E-state index is -0.376. The molecule has 1 aliphatic carbocycles. The van der Waals surface area contributed by atoms with Crippen molar-refractivity contribution in [1.82, 2.24) is 14.8 Å². The van der Waals surface area contributed by atoms with Crippen LogP contribution in [-0.2, 0) is 11.4 Å². The molecule has 2 aromatic carbocycles. The molecular weight excluding hydrogens is 452 g/mol. The van der Waals surface area contributed by atoms with Gasteiger partial charge in [-0.25, -0.2) is 0 Å². The number of nitrogens with zero attached hydrogens (tertiary/aromatic N) is 3. The van der Waals surface area contributed by atoms with Crippen LogP contribution in [0.2, 0.25) is 5.02 Å². The molecule has 0 bridgehead atoms. The lowest BCUT2D eigenvalue weighted by Crippen LogP contribution is -2.23. The van der Waals surface area contributed by atoms with Crippen molar-refractivity contribution < 1.29 is 19.0 Å². The number of benzene rings is 2. The summed E-state index contributed by atoms with van der Waals surface area (Å²) in [4.78, 5) is 12.8. The van der Waals surface area contributed by atoms with Crippen LogP contribution in [0.15, 0.2) is 47.6 Å². The molecule has 1 atom stereocenters. The van der Waals surface area contributed by atoms with Gasteiger partial charge < -0.3 is 19.5 Å². The number of ether oxygens (including phenoxy) is 3. The van der Waals surface area contributed by atoms with Gasteiger partial charge in [-0.05, 0) is 44.0 Å². The van der Waals surface area contributed by atoms with Crippen molar-refractivity contribution in [1.29, 1.82) is 0 Å². The fraction of sp³-hybridized carbons (Fsp3) is 0.318. The number of halogens is 1. The van der Waals surface area contributed by atoms with Crippen LogP contribution in [0.5, 0.6) is 17.2 Å². The van der Waals surface area contributed by atoms with E-state index in [0.29, 0.717) is 39.2 Å². The van der Waals surface area contributed by atoms with Gasteiger partial charge in [0.25, 0.3) is 0 Å². The van der Waals surface area contributed by atoms with Gasteiger partial charge in [0.15, 0.2) is 22.5 Å². The second-order valence-corrected chi connectivity index (χ2v) is 9.25. The molecular formula is C22H21ClN4O4S. The highest BCUT2D eigenvalue weighted by Gasteiger charge is 2.31. The molecule has 1 N–H and O–H groups in total. The van der Waals surface area contributed by atoms with E-state index in [0.717, 1.165) is 18.7 Å². The van der Waals surface area contributed by atoms with E-state index in [-0.39, 0.29) is 24.6 Å². The molecule has 0 unspecified atom stereocenters. The number of carbonyl (C=O) groups excluding carboxylic acids is 1. The zero-order valence-corrected chi connectivity index (χ0v) is 18.9. The predicted molar refractivity (Wildman–Crippen MR) is 121 cm³/mol. The van der Waals surface area contributed by atoms with E-state index in [1.54, 1.807) is 24.3 Å². The monoisotopic (exact) mass is 472 g/mol. The van der Waals surface area contributed by atoms with Gasteiger partial charge in [0, 0.05) is 17.8 Å². The Morgan fingerprint density at radius 2 is 2.06 bits per heavy atom. The maximum Gasteiger partial charge on any atom is 0.237 e. The summed E-state index contributed by atoms with van der Waals surface area (Å²) in [5, 5.41) is 12.5. The van der Waals surface area contributed by atoms with E-state index >= 15 is 0 Å². The van der Waals surface area contributed by atoms with Crippen molar-refractivity contribution in [3.05, 3.63) is 53.3 Å². The molecule has 0 spiro atoms. The van der Waals surface area contributed by atoms with Crippen molar-refractivity contribution in [2.75, 3.05) is 12.1 Å². The maximum atomic E-state index is 12.8. The normalized spacial score (nSPS) is 15.4. The number of amides is 1. The number of para-hydroxylation sites is 1. The van der Waals surface area contributed by atoms with Gasteiger partial charge in [-0.3, -0.25) is 9.36 Å². The Morgan fingerprint density at radius 3 is 2.88 bits per heavy atom. The third kappa shape index (κ3) is 4.49. The lowest BCUT2D eigenvalue weighted by Gasteiger charge is -2.14. The average Bonchev–Trinajstić information content (AvgIpc) is 3.38. The second-order valence-electron chi connectivity index (χ2n) is 7.54. The van der Waals surface area contributed by atoms with E-state index in [2.05, 4.69) is 20.1 Å². The number of hydrogen-bond donors (Lipinski definition) is 1. The van der Waals surface area contributed by atoms with Crippen molar-refractivity contribution >= 4 is 35.0 Å². The molecule has 0 saturated heterocycles. The fourth-order valence-corrected chi connectivity index (χ4v) is 4.45. The molecule has 0 radical (unpaired) electrons. The zero-order chi connectivity index (χ0) is 22.1. The van der Waals surface area contributed by atoms with Gasteiger partial charge in [-0.15, -0.1) is 10.2 Å². The van der Waals surface area contributed by atoms with Crippen LogP contribution >= 0.6 is 23.4 Å². The van der Waals surface area contributed by atoms with Gasteiger partial charge in [-0.1, -0.05) is 35.5 Å². The largest absolute Gasteiger partial charge is 0.484 e. The fourth-order valence-electron chi connectivity index (χ4n) is 3.32. The maximum absolute atomic E-state index is 12.8. The molecule has 1 saturated carbocycles. The molecule has 1 aliphatic heterocycles. The Bertz CT molecular complexity index is 1150. The molecule has 32 heavy (non-hydrogen) atoms. The Kier molecular flexibility index (Phi) is 5.84. The third-order valence-corrected chi connectivity index (χ3v) is 6.50. The minimum absolute atomic E-state index is 0.131. The van der Waals surface area contributed by atoms with Gasteiger partial charge in [0.1, 0.15) is 12.4 Å². The Morgan fingerprint density at radius 1 is 1.25 bits per heavy atom. The van der Waals surface area contributed by atoms with Crippen molar-refractivity contribution in [3.63, 3.8) is 0 Å². The number of carbonyl (C=O) groups is 1. The van der Waals surface area contributed by atoms with E-state index < -0.39 is 0 Å². The van der Waals surface area contributed by atoms with Crippen LogP contribution in [-0.4, -0.2) is 32.7 Å². The molecule has 2 aliphatic rings. The molecule has 1 amide bonds. The molecule has 166 valence electrons. The number of anilines is 1. The summed E-state index contributed by atoms with van der Waals surface area (Å²) in [7, 11) is 0. The SMILES string of the molecule is C[C@H](Sc1nnc(COc2ccccc2Cl)n1C1CC1)C(=O)Nc1ccc2c(c1)OCO2. The number of thioether (sulfide) groups is 1. The highest BCUT2D eigenvalue weighted by Crippen LogP contribution is 2.40. The quantitative estimate of drug-likeness (QED) is 0.475. The molecule has 1 aromatic heterocycles. The highest BCUT2D eigenvalue weighted by atomic mass is 35.5. The number of aromatic nitrogens is 3. The highest BCUT2D eigenvalue weighted by molar-refractivity contribution is 8.00. The standard InChI is InChI=1S/C22H21ClN4O4S/c1-13(21(28)24-14-6-9-18-19(10-14)31-12-30-18)32-22-26-25-20(27(22)15-7-8-15)11-29-17-5-3-2-4-16(17)23/h2-6,9-10,13,15H,7-8,11-12H2,1H3,(H,24,28)/t13-/m0/s1. The van der Waals surface area contributed by atoms with Gasteiger partial charge in [0.2, 0.25) is 12.7 Å². The third-order valence-electron chi connectivity index (χ3n) is 5.13. The number of rotatable bonds is 8. The van der Waals surface area contributed by atoms with Crippen LogP contribution in [0.25, 0.3) is 0 Å². The Hall–Kier alpha value is -2.91. The Labute approximate surface area is 194 Å². The molecule has 1 fully saturated rings. The number of hydrogen-bond acceptors (Lipinski definition) is 7. The predicted octanol–water partition coefficient (Wildman–Crippen LogP) is 4.69. The summed E-state index contributed by atoms with van der Waals surface area (Å²) in [5.41, 5.74) is 0.657. The summed E-state index contributed by atoms with van der Waals surface area (Å²) in [6, 6.07) is 13.0. The Balaban J connectivity index is 1.25. The molecule has 3 aromatic rings. The zero-order valence-electron chi connectivity index (χ0n) is 17.3. The van der Waals surface area contributed by atoms with Gasteiger partial charge in [0.05, 0.1) is 10.3 Å². The minimum Gasteiger partial charge on any atom is -0.484 e. The summed E-state index contributed by atoms with van der Waals surface area (Å²) in [6.07, 6.45) is 2.12. The van der Waals surface area contributed by atoms with E-state index in [1.165, 1.54) is 11.8 Å². The first-order chi connectivity index (χ1) is 15.6. The summed E-state index contributed by atoms with van der Waals surface area (Å²) >= 11 is 7.56. The summed E-state index contributed by atoms with van der Waals surface area (Å²) in [5.74, 6) is 2.49. The molecule has 8 nitrogen and oxygen atoms in total. The van der Waals surface area contributed by atoms with Crippen molar-refractivity contribution in [2.24, 2.45) is 0 Å². The lowest BCUT2D eigenvalue weighted by molar-refractivity contribution is -0.115. The molecule has 10 heteroatoms. The van der Waals surface area contributed by atoms with Crippen LogP contribution in [0.3, 0.4) is 0 Å². The second kappa shape index (κ2) is 8.91. The molecule has 5 rings (SSSR count). The molecule has 2 heterocycles. The first kappa shape index (κ1) is 21.0. The van der Waals surface area contributed by atoms with E-state index in [9.17, 15) is 4.79 Å². The first-order valence-corrected chi connectivity index (χ1v) is 11.5. The van der Waals surface area contributed by atoms with E-state index in [1.807, 2.05) is 25.1 Å². The van der Waals surface area contributed by atoms with Crippen LogP contribution in [0.4, 0.5) is 5.69 Å². The van der Waals surface area contributed by atoms with Crippen molar-refractivity contribution in [2.45, 2.75) is 42.8 Å². The van der Waals surface area contributed by atoms with Crippen LogP contribution < -0.4 is 19.5 Å². The number of fused-ring (bicyclic) bond motifs is 1. The first-order valence-electron chi connectivity index (χ1n) is 10.3. The smallest absolute Gasteiger partial charge is 0.237 e.